The number of nitrogens with zero attached hydrogens (tertiary/aromatic N) is 1. The molecule has 19 heavy (non-hydrogen) atoms. The van der Waals surface area contributed by atoms with Crippen LogP contribution in [-0.4, -0.2) is 25.7 Å². The summed E-state index contributed by atoms with van der Waals surface area (Å²) in [6.07, 6.45) is 6.25. The number of aryl methyl sites for hydroxylation is 1. The van der Waals surface area contributed by atoms with E-state index in [0.29, 0.717) is 6.04 Å². The molecular formula is C17H28N2. The summed E-state index contributed by atoms with van der Waals surface area (Å²) in [4.78, 5) is 2.54. The van der Waals surface area contributed by atoms with Gasteiger partial charge >= 0.3 is 0 Å². The molecule has 1 aromatic carbocycles. The van der Waals surface area contributed by atoms with Gasteiger partial charge in [0.05, 0.1) is 0 Å². The maximum atomic E-state index is 3.63. The summed E-state index contributed by atoms with van der Waals surface area (Å²) in [6, 6.07) is 9.88. The third-order valence-electron chi connectivity index (χ3n) is 4.09. The second-order valence-corrected chi connectivity index (χ2v) is 5.63. The van der Waals surface area contributed by atoms with E-state index in [1.807, 2.05) is 0 Å². The summed E-state index contributed by atoms with van der Waals surface area (Å²) in [6.45, 7) is 8.00. The SMILES string of the molecule is CCCCc1ccc(N2CCCNC(CC)C2)cc1. The molecule has 1 fully saturated rings. The highest BCUT2D eigenvalue weighted by Crippen LogP contribution is 2.18. The highest BCUT2D eigenvalue weighted by molar-refractivity contribution is 5.48. The standard InChI is InChI=1S/C17H28N2/c1-3-5-7-15-8-10-17(11-9-15)19-13-6-12-18-16(4-2)14-19/h8-11,16,18H,3-7,12-14H2,1-2H3. The van der Waals surface area contributed by atoms with Crippen LogP contribution in [0.3, 0.4) is 0 Å². The number of nitrogens with one attached hydrogen (secondary N) is 1. The van der Waals surface area contributed by atoms with E-state index in [1.54, 1.807) is 0 Å². The third-order valence-corrected chi connectivity index (χ3v) is 4.09. The first kappa shape index (κ1) is 14.4. The maximum Gasteiger partial charge on any atom is 0.0366 e. The zero-order valence-corrected chi connectivity index (χ0v) is 12.5. The molecule has 2 rings (SSSR count). The highest BCUT2D eigenvalue weighted by atomic mass is 15.2. The summed E-state index contributed by atoms with van der Waals surface area (Å²) in [5, 5.41) is 3.63. The van der Waals surface area contributed by atoms with Gasteiger partial charge in [-0.3, -0.25) is 0 Å². The predicted octanol–water partition coefficient (Wildman–Crippen LogP) is 3.61. The summed E-state index contributed by atoms with van der Waals surface area (Å²) >= 11 is 0. The molecule has 0 radical (unpaired) electrons. The number of rotatable bonds is 5. The van der Waals surface area contributed by atoms with E-state index in [-0.39, 0.29) is 0 Å². The van der Waals surface area contributed by atoms with Crippen molar-refractivity contribution in [3.63, 3.8) is 0 Å². The monoisotopic (exact) mass is 260 g/mol. The molecule has 2 heteroatoms. The van der Waals surface area contributed by atoms with Gasteiger partial charge in [-0.1, -0.05) is 32.4 Å². The van der Waals surface area contributed by atoms with E-state index in [9.17, 15) is 0 Å². The molecule has 0 aliphatic carbocycles. The van der Waals surface area contributed by atoms with Crippen LogP contribution in [0.15, 0.2) is 24.3 Å². The topological polar surface area (TPSA) is 15.3 Å². The molecule has 0 amide bonds. The summed E-state index contributed by atoms with van der Waals surface area (Å²) in [5.41, 5.74) is 2.87. The lowest BCUT2D eigenvalue weighted by atomic mass is 10.1. The highest BCUT2D eigenvalue weighted by Gasteiger charge is 2.16. The number of anilines is 1. The van der Waals surface area contributed by atoms with Crippen LogP contribution in [0.2, 0.25) is 0 Å². The molecule has 0 spiro atoms. The number of hydrogen-bond acceptors (Lipinski definition) is 2. The van der Waals surface area contributed by atoms with E-state index in [1.165, 1.54) is 49.9 Å². The van der Waals surface area contributed by atoms with E-state index < -0.39 is 0 Å². The largest absolute Gasteiger partial charge is 0.370 e. The van der Waals surface area contributed by atoms with Gasteiger partial charge < -0.3 is 10.2 Å². The fraction of sp³-hybridized carbons (Fsp3) is 0.647. The third kappa shape index (κ3) is 4.24. The van der Waals surface area contributed by atoms with Gasteiger partial charge in [-0.15, -0.1) is 0 Å². The first-order valence-corrected chi connectivity index (χ1v) is 7.90. The van der Waals surface area contributed by atoms with Crippen molar-refractivity contribution < 1.29 is 0 Å². The van der Waals surface area contributed by atoms with Crippen molar-refractivity contribution in [2.75, 3.05) is 24.5 Å². The Kier molecular flexibility index (Phi) is 5.71. The number of hydrogen-bond donors (Lipinski definition) is 1. The molecule has 1 heterocycles. The van der Waals surface area contributed by atoms with Gasteiger partial charge in [-0.2, -0.15) is 0 Å². The zero-order chi connectivity index (χ0) is 13.5. The maximum absolute atomic E-state index is 3.63. The van der Waals surface area contributed by atoms with Crippen molar-refractivity contribution in [2.45, 2.75) is 52.0 Å². The lowest BCUT2D eigenvalue weighted by Gasteiger charge is -2.26. The smallest absolute Gasteiger partial charge is 0.0366 e. The Morgan fingerprint density at radius 1 is 1.21 bits per heavy atom. The lowest BCUT2D eigenvalue weighted by Crippen LogP contribution is -2.37. The predicted molar refractivity (Wildman–Crippen MR) is 84.0 cm³/mol. The number of benzene rings is 1. The average Bonchev–Trinajstić information content (AvgIpc) is 2.71. The number of unbranched alkanes of at least 4 members (excludes halogenated alkanes) is 1. The van der Waals surface area contributed by atoms with Crippen molar-refractivity contribution in [1.82, 2.24) is 5.32 Å². The van der Waals surface area contributed by atoms with Crippen molar-refractivity contribution in [3.8, 4) is 0 Å². The normalized spacial score (nSPS) is 20.3. The van der Waals surface area contributed by atoms with Crippen molar-refractivity contribution in [2.24, 2.45) is 0 Å². The molecule has 1 unspecified atom stereocenters. The minimum Gasteiger partial charge on any atom is -0.370 e. The van der Waals surface area contributed by atoms with Crippen LogP contribution >= 0.6 is 0 Å². The molecule has 1 aliphatic rings. The molecule has 1 aliphatic heterocycles. The van der Waals surface area contributed by atoms with Crippen LogP contribution in [0, 0.1) is 0 Å². The molecule has 2 nitrogen and oxygen atoms in total. The molecule has 1 saturated heterocycles. The lowest BCUT2D eigenvalue weighted by molar-refractivity contribution is 0.528. The fourth-order valence-corrected chi connectivity index (χ4v) is 2.76. The Morgan fingerprint density at radius 3 is 2.68 bits per heavy atom. The molecular weight excluding hydrogens is 232 g/mol. The minimum atomic E-state index is 0.641. The van der Waals surface area contributed by atoms with Gasteiger partial charge in [0.2, 0.25) is 0 Å². The summed E-state index contributed by atoms with van der Waals surface area (Å²) < 4.78 is 0. The van der Waals surface area contributed by atoms with E-state index in [2.05, 4.69) is 48.3 Å². The van der Waals surface area contributed by atoms with Gasteiger partial charge in [-0.25, -0.2) is 0 Å². The zero-order valence-electron chi connectivity index (χ0n) is 12.5. The molecule has 1 N–H and O–H groups in total. The van der Waals surface area contributed by atoms with Crippen LogP contribution in [0.4, 0.5) is 5.69 Å². The molecule has 0 bridgehead atoms. The molecule has 0 aromatic heterocycles. The Morgan fingerprint density at radius 2 is 2.00 bits per heavy atom. The van der Waals surface area contributed by atoms with Gasteiger partial charge in [0, 0.05) is 24.8 Å². The van der Waals surface area contributed by atoms with Gasteiger partial charge in [0.25, 0.3) is 0 Å². The fourth-order valence-electron chi connectivity index (χ4n) is 2.76. The second kappa shape index (κ2) is 7.54. The van der Waals surface area contributed by atoms with Crippen LogP contribution < -0.4 is 10.2 Å². The Balaban J connectivity index is 1.99. The van der Waals surface area contributed by atoms with E-state index in [0.717, 1.165) is 13.1 Å². The van der Waals surface area contributed by atoms with E-state index in [4.69, 9.17) is 0 Å². The minimum absolute atomic E-state index is 0.641. The summed E-state index contributed by atoms with van der Waals surface area (Å²) in [5.74, 6) is 0. The first-order chi connectivity index (χ1) is 9.33. The molecule has 1 aromatic rings. The second-order valence-electron chi connectivity index (χ2n) is 5.63. The quantitative estimate of drug-likeness (QED) is 0.870. The molecule has 0 saturated carbocycles. The Hall–Kier alpha value is -1.02. The summed E-state index contributed by atoms with van der Waals surface area (Å²) in [7, 11) is 0. The average molecular weight is 260 g/mol. The molecule has 1 atom stereocenters. The van der Waals surface area contributed by atoms with Crippen LogP contribution in [0.1, 0.15) is 45.1 Å². The van der Waals surface area contributed by atoms with E-state index >= 15 is 0 Å². The van der Waals surface area contributed by atoms with Crippen LogP contribution in [0.5, 0.6) is 0 Å². The van der Waals surface area contributed by atoms with Crippen molar-refractivity contribution >= 4 is 5.69 Å². The first-order valence-electron chi connectivity index (χ1n) is 7.90. The van der Waals surface area contributed by atoms with Crippen LogP contribution in [0.25, 0.3) is 0 Å². The Labute approximate surface area is 118 Å². The van der Waals surface area contributed by atoms with Crippen molar-refractivity contribution in [3.05, 3.63) is 29.8 Å². The van der Waals surface area contributed by atoms with Gasteiger partial charge in [-0.05, 0) is 49.9 Å². The molecule has 106 valence electrons. The van der Waals surface area contributed by atoms with Gasteiger partial charge in [0.15, 0.2) is 0 Å². The van der Waals surface area contributed by atoms with Crippen molar-refractivity contribution in [1.29, 1.82) is 0 Å². The Bertz CT molecular complexity index is 358. The van der Waals surface area contributed by atoms with Crippen LogP contribution in [-0.2, 0) is 6.42 Å². The van der Waals surface area contributed by atoms with Gasteiger partial charge in [0.1, 0.15) is 0 Å².